The molecule has 0 aliphatic carbocycles. The quantitative estimate of drug-likeness (QED) is 0.890. The third-order valence-corrected chi connectivity index (χ3v) is 3.84. The molecule has 20 heavy (non-hydrogen) atoms. The van der Waals surface area contributed by atoms with Crippen LogP contribution < -0.4 is 5.32 Å². The van der Waals surface area contributed by atoms with Gasteiger partial charge >= 0.3 is 5.97 Å². The van der Waals surface area contributed by atoms with Crippen LogP contribution >= 0.6 is 11.6 Å². The summed E-state index contributed by atoms with van der Waals surface area (Å²) in [4.78, 5) is 22.9. The summed E-state index contributed by atoms with van der Waals surface area (Å²) in [7, 11) is -1.62. The van der Waals surface area contributed by atoms with E-state index in [4.69, 9.17) is 16.7 Å². The second-order valence-electron chi connectivity index (χ2n) is 5.23. The Labute approximate surface area is 124 Å². The lowest BCUT2D eigenvalue weighted by molar-refractivity contribution is -0.119. The maximum absolute atomic E-state index is 12.0. The predicted molar refractivity (Wildman–Crippen MR) is 77.6 cm³/mol. The molecule has 0 heterocycles. The highest BCUT2D eigenvalue weighted by atomic mass is 35.5. The van der Waals surface area contributed by atoms with Crippen LogP contribution in [0, 0.1) is 0 Å². The molecule has 7 heteroatoms. The number of hydrogen-bond acceptors (Lipinski definition) is 3. The zero-order valence-electron chi connectivity index (χ0n) is 11.4. The van der Waals surface area contributed by atoms with Crippen LogP contribution in [-0.4, -0.2) is 32.5 Å². The lowest BCUT2D eigenvalue weighted by Crippen LogP contribution is -2.42. The van der Waals surface area contributed by atoms with Gasteiger partial charge in [0.2, 0.25) is 5.91 Å². The van der Waals surface area contributed by atoms with Crippen LogP contribution in [0.15, 0.2) is 23.1 Å². The average molecular weight is 318 g/mol. The van der Waals surface area contributed by atoms with Crippen molar-refractivity contribution in [2.75, 3.05) is 5.75 Å². The number of carbonyl (C=O) groups excluding carboxylic acids is 1. The Hall–Kier alpha value is -1.40. The Morgan fingerprint density at radius 2 is 1.95 bits per heavy atom. The van der Waals surface area contributed by atoms with Crippen molar-refractivity contribution < 1.29 is 18.9 Å². The third-order valence-electron chi connectivity index (χ3n) is 2.21. The van der Waals surface area contributed by atoms with Crippen molar-refractivity contribution in [2.24, 2.45) is 0 Å². The fourth-order valence-electron chi connectivity index (χ4n) is 1.47. The average Bonchev–Trinajstić information content (AvgIpc) is 2.26. The minimum Gasteiger partial charge on any atom is -0.478 e. The van der Waals surface area contributed by atoms with Crippen molar-refractivity contribution in [1.82, 2.24) is 5.32 Å². The van der Waals surface area contributed by atoms with E-state index in [2.05, 4.69) is 5.32 Å². The smallest absolute Gasteiger partial charge is 0.337 e. The summed E-state index contributed by atoms with van der Waals surface area (Å²) < 4.78 is 12.0. The molecule has 0 fully saturated rings. The van der Waals surface area contributed by atoms with Gasteiger partial charge in [-0.3, -0.25) is 9.00 Å². The van der Waals surface area contributed by atoms with Crippen LogP contribution in [0.2, 0.25) is 5.02 Å². The molecule has 1 amide bonds. The number of hydrogen-bond donors (Lipinski definition) is 2. The second kappa shape index (κ2) is 6.37. The first-order chi connectivity index (χ1) is 9.10. The minimum atomic E-state index is -1.62. The molecule has 0 aliphatic heterocycles. The molecule has 0 radical (unpaired) electrons. The molecular weight excluding hydrogens is 302 g/mol. The Morgan fingerprint density at radius 3 is 2.45 bits per heavy atom. The summed E-state index contributed by atoms with van der Waals surface area (Å²) in [5, 5.41) is 11.7. The standard InChI is InChI=1S/C13H16ClNO4S/c1-13(2,3)15-11(16)7-20(19)8-4-5-10(14)9(6-8)12(17)18/h4-6H,7H2,1-3H3,(H,15,16)(H,17,18). The highest BCUT2D eigenvalue weighted by molar-refractivity contribution is 7.85. The van der Waals surface area contributed by atoms with Gasteiger partial charge in [0.05, 0.1) is 21.4 Å². The number of nitrogens with one attached hydrogen (secondary N) is 1. The number of halogens is 1. The van der Waals surface area contributed by atoms with Crippen LogP contribution in [0.4, 0.5) is 0 Å². The van der Waals surface area contributed by atoms with Gasteiger partial charge in [0.25, 0.3) is 0 Å². The second-order valence-corrected chi connectivity index (χ2v) is 7.09. The normalized spacial score (nSPS) is 12.8. The molecule has 5 nitrogen and oxygen atoms in total. The number of carbonyl (C=O) groups is 2. The maximum atomic E-state index is 12.0. The molecule has 1 unspecified atom stereocenters. The topological polar surface area (TPSA) is 83.5 Å². The van der Waals surface area contributed by atoms with E-state index >= 15 is 0 Å². The number of rotatable bonds is 4. The lowest BCUT2D eigenvalue weighted by Gasteiger charge is -2.20. The van der Waals surface area contributed by atoms with E-state index in [0.717, 1.165) is 0 Å². The van der Waals surface area contributed by atoms with Gasteiger partial charge in [0.1, 0.15) is 5.75 Å². The summed E-state index contributed by atoms with van der Waals surface area (Å²) in [5.41, 5.74) is -0.540. The maximum Gasteiger partial charge on any atom is 0.337 e. The number of aromatic carboxylic acids is 1. The van der Waals surface area contributed by atoms with Crippen LogP contribution in [0.25, 0.3) is 0 Å². The highest BCUT2D eigenvalue weighted by Gasteiger charge is 2.18. The largest absolute Gasteiger partial charge is 0.478 e. The van der Waals surface area contributed by atoms with E-state index in [0.29, 0.717) is 0 Å². The van der Waals surface area contributed by atoms with Crippen LogP contribution in [0.1, 0.15) is 31.1 Å². The highest BCUT2D eigenvalue weighted by Crippen LogP contribution is 2.19. The van der Waals surface area contributed by atoms with Crippen molar-refractivity contribution in [3.05, 3.63) is 28.8 Å². The van der Waals surface area contributed by atoms with Crippen molar-refractivity contribution >= 4 is 34.3 Å². The van der Waals surface area contributed by atoms with E-state index in [1.807, 2.05) is 20.8 Å². The molecule has 2 N–H and O–H groups in total. The van der Waals surface area contributed by atoms with Gasteiger partial charge in [-0.25, -0.2) is 4.79 Å². The molecule has 1 aromatic carbocycles. The molecule has 1 rings (SSSR count). The fraction of sp³-hybridized carbons (Fsp3) is 0.385. The molecule has 0 saturated carbocycles. The van der Waals surface area contributed by atoms with Gasteiger partial charge in [0, 0.05) is 10.4 Å². The van der Waals surface area contributed by atoms with E-state index in [1.54, 1.807) is 0 Å². The molecule has 0 aromatic heterocycles. The van der Waals surface area contributed by atoms with E-state index in [9.17, 15) is 13.8 Å². The Kier molecular flexibility index (Phi) is 5.30. The number of carboxylic acid groups (broad SMARTS) is 1. The number of benzene rings is 1. The molecule has 0 spiro atoms. The summed E-state index contributed by atoms with van der Waals surface area (Å²) in [6.07, 6.45) is 0. The Bertz CT molecular complexity index is 566. The fourth-order valence-corrected chi connectivity index (χ4v) is 2.61. The molecule has 0 bridgehead atoms. The zero-order valence-corrected chi connectivity index (χ0v) is 13.0. The third kappa shape index (κ3) is 4.94. The first-order valence-corrected chi connectivity index (χ1v) is 7.52. The number of amides is 1. The number of carboxylic acids is 1. The SMILES string of the molecule is CC(C)(C)NC(=O)CS(=O)c1ccc(Cl)c(C(=O)O)c1. The van der Waals surface area contributed by atoms with Crippen LogP contribution in [0.3, 0.4) is 0 Å². The van der Waals surface area contributed by atoms with E-state index < -0.39 is 22.3 Å². The molecule has 110 valence electrons. The first-order valence-electron chi connectivity index (χ1n) is 5.82. The van der Waals surface area contributed by atoms with E-state index in [1.165, 1.54) is 18.2 Å². The van der Waals surface area contributed by atoms with Crippen molar-refractivity contribution in [2.45, 2.75) is 31.2 Å². The van der Waals surface area contributed by atoms with Crippen molar-refractivity contribution in [3.63, 3.8) is 0 Å². The predicted octanol–water partition coefficient (Wildman–Crippen LogP) is 2.06. The van der Waals surface area contributed by atoms with Gasteiger partial charge in [0.15, 0.2) is 0 Å². The summed E-state index contributed by atoms with van der Waals surface area (Å²) >= 11 is 5.73. The summed E-state index contributed by atoms with van der Waals surface area (Å²) in [6, 6.07) is 4.04. The Morgan fingerprint density at radius 1 is 1.35 bits per heavy atom. The summed E-state index contributed by atoms with van der Waals surface area (Å²) in [6.45, 7) is 5.45. The van der Waals surface area contributed by atoms with Crippen LogP contribution in [0.5, 0.6) is 0 Å². The lowest BCUT2D eigenvalue weighted by atomic mass is 10.1. The van der Waals surface area contributed by atoms with Crippen molar-refractivity contribution in [1.29, 1.82) is 0 Å². The zero-order chi connectivity index (χ0) is 15.5. The first kappa shape index (κ1) is 16.7. The molecule has 0 aliphatic rings. The summed E-state index contributed by atoms with van der Waals surface area (Å²) in [5.74, 6) is -1.78. The molecule has 1 aromatic rings. The van der Waals surface area contributed by atoms with Crippen molar-refractivity contribution in [3.8, 4) is 0 Å². The van der Waals surface area contributed by atoms with Crippen LogP contribution in [-0.2, 0) is 15.6 Å². The van der Waals surface area contributed by atoms with Gasteiger partial charge in [-0.1, -0.05) is 11.6 Å². The minimum absolute atomic E-state index is 0.0670. The van der Waals surface area contributed by atoms with Gasteiger partial charge in [-0.05, 0) is 39.0 Å². The molecule has 1 atom stereocenters. The van der Waals surface area contributed by atoms with E-state index in [-0.39, 0.29) is 27.1 Å². The van der Waals surface area contributed by atoms with Gasteiger partial charge in [-0.15, -0.1) is 0 Å². The molecule has 0 saturated heterocycles. The Balaban J connectivity index is 2.86. The van der Waals surface area contributed by atoms with Gasteiger partial charge in [-0.2, -0.15) is 0 Å². The molecular formula is C13H16ClNO4S. The monoisotopic (exact) mass is 317 g/mol. The van der Waals surface area contributed by atoms with Gasteiger partial charge < -0.3 is 10.4 Å².